The van der Waals surface area contributed by atoms with Crippen LogP contribution >= 0.6 is 0 Å². The van der Waals surface area contributed by atoms with E-state index in [0.29, 0.717) is 34.7 Å². The van der Waals surface area contributed by atoms with E-state index < -0.39 is 29.7 Å². The summed E-state index contributed by atoms with van der Waals surface area (Å²) in [5.74, 6) is -2.82. The number of hydrogen-bond acceptors (Lipinski definition) is 7. The summed E-state index contributed by atoms with van der Waals surface area (Å²) in [5.41, 5.74) is 3.76. The van der Waals surface area contributed by atoms with Gasteiger partial charge < -0.3 is 19.5 Å². The molecular weight excluding hydrogens is 458 g/mol. The second kappa shape index (κ2) is 10.8. The van der Waals surface area contributed by atoms with Crippen LogP contribution in [0.1, 0.15) is 50.2 Å². The lowest BCUT2D eigenvalue weighted by atomic mass is 9.67. The highest BCUT2D eigenvalue weighted by Gasteiger charge is 2.49. The highest BCUT2D eigenvalue weighted by molar-refractivity contribution is 6.13. The van der Waals surface area contributed by atoms with E-state index >= 15 is 0 Å². The van der Waals surface area contributed by atoms with Crippen molar-refractivity contribution in [1.82, 2.24) is 5.32 Å². The van der Waals surface area contributed by atoms with Gasteiger partial charge in [-0.25, -0.2) is 4.79 Å². The van der Waals surface area contributed by atoms with Crippen LogP contribution < -0.4 is 10.1 Å². The van der Waals surface area contributed by atoms with Crippen LogP contribution in [0.25, 0.3) is 0 Å². The lowest BCUT2D eigenvalue weighted by molar-refractivity contribution is -0.152. The molecule has 0 fully saturated rings. The van der Waals surface area contributed by atoms with Crippen molar-refractivity contribution in [3.63, 3.8) is 0 Å². The number of methoxy groups -OCH3 is 1. The molecule has 2 aromatic carbocycles. The maximum Gasteiger partial charge on any atom is 0.336 e. The average molecular weight is 490 g/mol. The van der Waals surface area contributed by atoms with Crippen molar-refractivity contribution in [1.29, 1.82) is 0 Å². The van der Waals surface area contributed by atoms with Crippen molar-refractivity contribution in [2.45, 2.75) is 39.0 Å². The van der Waals surface area contributed by atoms with Crippen LogP contribution in [0.5, 0.6) is 5.75 Å². The molecule has 1 N–H and O–H groups in total. The summed E-state index contributed by atoms with van der Waals surface area (Å²) in [5, 5.41) is 3.31. The number of Topliss-reactive ketones (excluding diaryl/α,β-unsaturated/α-hetero) is 1. The molecule has 0 radical (unpaired) electrons. The average Bonchev–Trinajstić information content (AvgIpc) is 2.88. The third-order valence-electron chi connectivity index (χ3n) is 6.73. The van der Waals surface area contributed by atoms with Crippen molar-refractivity contribution in [3.05, 3.63) is 88.3 Å². The van der Waals surface area contributed by atoms with Gasteiger partial charge in [0, 0.05) is 28.8 Å². The predicted octanol–water partition coefficient (Wildman–Crippen LogP) is 4.41. The Morgan fingerprint density at radius 2 is 1.61 bits per heavy atom. The minimum Gasteiger partial charge on any atom is -0.497 e. The van der Waals surface area contributed by atoms with Gasteiger partial charge in [0.25, 0.3) is 0 Å². The number of carbonyl (C=O) groups is 3. The Hall–Kier alpha value is -3.87. The van der Waals surface area contributed by atoms with Gasteiger partial charge >= 0.3 is 11.9 Å². The summed E-state index contributed by atoms with van der Waals surface area (Å²) in [4.78, 5) is 40.5. The summed E-state index contributed by atoms with van der Waals surface area (Å²) in [6.45, 7) is 5.65. The van der Waals surface area contributed by atoms with Gasteiger partial charge in [-0.05, 0) is 50.5 Å². The van der Waals surface area contributed by atoms with Gasteiger partial charge in [-0.3, -0.25) is 9.59 Å². The fourth-order valence-corrected chi connectivity index (χ4v) is 5.16. The fourth-order valence-electron chi connectivity index (χ4n) is 5.16. The van der Waals surface area contributed by atoms with Crippen LogP contribution in [0.2, 0.25) is 0 Å². The highest BCUT2D eigenvalue weighted by Crippen LogP contribution is 2.48. The molecule has 0 aromatic heterocycles. The Morgan fingerprint density at radius 1 is 0.944 bits per heavy atom. The Balaban J connectivity index is 1.87. The molecule has 1 heterocycles. The Kier molecular flexibility index (Phi) is 7.58. The molecule has 0 saturated heterocycles. The lowest BCUT2D eigenvalue weighted by Crippen LogP contribution is -2.43. The van der Waals surface area contributed by atoms with E-state index in [9.17, 15) is 14.4 Å². The molecule has 0 saturated carbocycles. The lowest BCUT2D eigenvalue weighted by Gasteiger charge is -2.39. The number of ether oxygens (including phenoxy) is 3. The monoisotopic (exact) mass is 489 g/mol. The minimum absolute atomic E-state index is 0.164. The third kappa shape index (κ3) is 4.65. The van der Waals surface area contributed by atoms with Crippen LogP contribution in [0.3, 0.4) is 0 Å². The van der Waals surface area contributed by atoms with Gasteiger partial charge in [-0.1, -0.05) is 42.5 Å². The van der Waals surface area contributed by atoms with Crippen LogP contribution in [0.15, 0.2) is 77.1 Å². The first-order valence-corrected chi connectivity index (χ1v) is 12.2. The van der Waals surface area contributed by atoms with Crippen molar-refractivity contribution in [2.75, 3.05) is 20.3 Å². The number of nitrogens with one attached hydrogen (secondary N) is 1. The van der Waals surface area contributed by atoms with Crippen molar-refractivity contribution in [3.8, 4) is 5.75 Å². The molecule has 1 aliphatic carbocycles. The van der Waals surface area contributed by atoms with Gasteiger partial charge in [-0.2, -0.15) is 0 Å². The summed E-state index contributed by atoms with van der Waals surface area (Å²) < 4.78 is 16.0. The molecule has 2 aromatic rings. The van der Waals surface area contributed by atoms with Crippen LogP contribution in [0.4, 0.5) is 0 Å². The zero-order chi connectivity index (χ0) is 25.8. The molecule has 0 amide bonds. The molecule has 3 atom stereocenters. The van der Waals surface area contributed by atoms with Gasteiger partial charge in [0.05, 0.1) is 25.9 Å². The quantitative estimate of drug-likeness (QED) is 0.455. The number of carbonyl (C=O) groups excluding carboxylic acids is 3. The van der Waals surface area contributed by atoms with E-state index in [-0.39, 0.29) is 19.0 Å². The molecule has 188 valence electrons. The fraction of sp³-hybridized carbons (Fsp3) is 0.345. The largest absolute Gasteiger partial charge is 0.497 e. The number of rotatable bonds is 7. The van der Waals surface area contributed by atoms with Gasteiger partial charge in [-0.15, -0.1) is 0 Å². The summed E-state index contributed by atoms with van der Waals surface area (Å²) in [6.07, 6.45) is 0.410. The standard InChI is InChI=1S/C29H31NO6/c1-5-35-28(32)23-17(3)30-22-16-21(18-12-14-20(34-4)15-13-18)25(29(33)36-6-2)27(31)26(22)24(23)19-10-8-7-9-11-19/h7-15,21,24-25,30H,5-6,16H2,1-4H3/t21-,24-,25-/m1/s1. The number of dihydropyridines is 1. The second-order valence-corrected chi connectivity index (χ2v) is 8.80. The zero-order valence-electron chi connectivity index (χ0n) is 21.0. The van der Waals surface area contributed by atoms with E-state index in [1.807, 2.05) is 61.5 Å². The number of allylic oxidation sites excluding steroid dienone is 3. The highest BCUT2D eigenvalue weighted by atomic mass is 16.5. The smallest absolute Gasteiger partial charge is 0.336 e. The topological polar surface area (TPSA) is 90.9 Å². The number of ketones is 1. The molecule has 2 aliphatic rings. The predicted molar refractivity (Wildman–Crippen MR) is 134 cm³/mol. The number of hydrogen-bond donors (Lipinski definition) is 1. The van der Waals surface area contributed by atoms with E-state index in [2.05, 4.69) is 5.32 Å². The normalized spacial score (nSPS) is 21.4. The van der Waals surface area contributed by atoms with Crippen molar-refractivity contribution in [2.24, 2.45) is 5.92 Å². The SMILES string of the molecule is CCOC(=O)C1=C(C)NC2=C(C(=O)[C@H](C(=O)OCC)[C@@H](c3ccc(OC)cc3)C2)[C@@H]1c1ccccc1. The molecule has 36 heavy (non-hydrogen) atoms. The molecule has 7 nitrogen and oxygen atoms in total. The third-order valence-corrected chi connectivity index (χ3v) is 6.73. The van der Waals surface area contributed by atoms with Crippen LogP contribution in [-0.2, 0) is 23.9 Å². The van der Waals surface area contributed by atoms with Crippen LogP contribution in [0, 0.1) is 5.92 Å². The molecule has 4 rings (SSSR count). The summed E-state index contributed by atoms with van der Waals surface area (Å²) in [7, 11) is 1.59. The minimum atomic E-state index is -1.04. The first-order chi connectivity index (χ1) is 17.4. The molecule has 0 unspecified atom stereocenters. The maximum atomic E-state index is 14.2. The Morgan fingerprint density at radius 3 is 2.22 bits per heavy atom. The Bertz CT molecular complexity index is 1210. The first-order valence-electron chi connectivity index (χ1n) is 12.2. The number of esters is 2. The molecule has 0 bridgehead atoms. The van der Waals surface area contributed by atoms with E-state index in [4.69, 9.17) is 14.2 Å². The van der Waals surface area contributed by atoms with E-state index in [0.717, 1.165) is 11.1 Å². The summed E-state index contributed by atoms with van der Waals surface area (Å²) >= 11 is 0. The number of benzene rings is 2. The first kappa shape index (κ1) is 25.2. The molecule has 7 heteroatoms. The second-order valence-electron chi connectivity index (χ2n) is 8.80. The zero-order valence-corrected chi connectivity index (χ0v) is 21.0. The summed E-state index contributed by atoms with van der Waals surface area (Å²) in [6, 6.07) is 16.8. The van der Waals surface area contributed by atoms with Gasteiger partial charge in [0.1, 0.15) is 11.7 Å². The van der Waals surface area contributed by atoms with Crippen molar-refractivity contribution < 1.29 is 28.6 Å². The Labute approximate surface area is 211 Å². The van der Waals surface area contributed by atoms with E-state index in [1.165, 1.54) is 0 Å². The maximum absolute atomic E-state index is 14.2. The molecule has 0 spiro atoms. The van der Waals surface area contributed by atoms with Crippen molar-refractivity contribution >= 4 is 17.7 Å². The van der Waals surface area contributed by atoms with Crippen LogP contribution in [-0.4, -0.2) is 38.0 Å². The molecule has 1 aliphatic heterocycles. The van der Waals surface area contributed by atoms with E-state index in [1.54, 1.807) is 21.0 Å². The van der Waals surface area contributed by atoms with Gasteiger partial charge in [0.15, 0.2) is 5.78 Å². The molecular formula is C29H31NO6. The van der Waals surface area contributed by atoms with Gasteiger partial charge in [0.2, 0.25) is 0 Å².